The number of rotatable bonds is 22. The van der Waals surface area contributed by atoms with Gasteiger partial charge < -0.3 is 77.4 Å². The maximum Gasteiger partial charge on any atom is 0.317 e. The molecule has 0 bridgehead atoms. The summed E-state index contributed by atoms with van der Waals surface area (Å²) in [6.45, 7) is 20.4. The van der Waals surface area contributed by atoms with E-state index in [9.17, 15) is 14.4 Å². The smallest absolute Gasteiger partial charge is 0.317 e. The molecule has 0 amide bonds. The number of esters is 3. The molecule has 2 aliphatic rings. The summed E-state index contributed by atoms with van der Waals surface area (Å²) in [7, 11) is 0. The van der Waals surface area contributed by atoms with Crippen molar-refractivity contribution in [2.24, 2.45) is 16.6 Å². The van der Waals surface area contributed by atoms with Gasteiger partial charge in [-0.2, -0.15) is 0 Å². The van der Waals surface area contributed by atoms with Crippen molar-refractivity contribution in [2.45, 2.75) is 118 Å². The van der Waals surface area contributed by atoms with Crippen molar-refractivity contribution in [3.05, 3.63) is 141 Å². The summed E-state index contributed by atoms with van der Waals surface area (Å²) < 4.78 is 31.5. The summed E-state index contributed by atoms with van der Waals surface area (Å²) in [5.74, 6) is -0.806. The number of benzene rings is 4. The Morgan fingerprint density at radius 3 is 1.24 bits per heavy atom. The fourth-order valence-corrected chi connectivity index (χ4v) is 9.26. The van der Waals surface area contributed by atoms with Gasteiger partial charge >= 0.3 is 17.9 Å². The summed E-state index contributed by atoms with van der Waals surface area (Å²) in [5.41, 5.74) is 8.08. The third-order valence-corrected chi connectivity index (χ3v) is 14.2. The zero-order valence-electron chi connectivity index (χ0n) is 44.6. The quantitative estimate of drug-likeness (QED) is 0.0409. The minimum atomic E-state index is -0.778. The van der Waals surface area contributed by atoms with E-state index in [1.165, 1.54) is 12.8 Å². The van der Waals surface area contributed by atoms with Crippen LogP contribution in [0.2, 0.25) is 10.0 Å². The molecule has 0 saturated carbocycles. The van der Waals surface area contributed by atoms with Crippen molar-refractivity contribution in [2.75, 3.05) is 72.5 Å². The number of quaternary nitrogens is 2. The van der Waals surface area contributed by atoms with Crippen LogP contribution in [0.5, 0.6) is 0 Å². The molecule has 2 N–H and O–H groups in total. The van der Waals surface area contributed by atoms with Crippen LogP contribution in [0.1, 0.15) is 134 Å². The van der Waals surface area contributed by atoms with E-state index >= 15 is 0 Å². The molecule has 0 aliphatic carbocycles. The second kappa shape index (κ2) is 32.4. The maximum absolute atomic E-state index is 13.1. The number of ether oxygens (including phenoxy) is 5. The van der Waals surface area contributed by atoms with Gasteiger partial charge in [0.2, 0.25) is 13.5 Å². The van der Waals surface area contributed by atoms with Gasteiger partial charge in [-0.3, -0.25) is 23.3 Å². The van der Waals surface area contributed by atoms with Gasteiger partial charge in [0.25, 0.3) is 0 Å². The average molecular weight is 1310 g/mol. The van der Waals surface area contributed by atoms with E-state index in [2.05, 4.69) is 24.3 Å². The highest BCUT2D eigenvalue weighted by Crippen LogP contribution is 2.31. The monoisotopic (exact) mass is 1310 g/mol. The second-order valence-corrected chi connectivity index (χ2v) is 22.6. The predicted molar refractivity (Wildman–Crippen MR) is 290 cm³/mol. The van der Waals surface area contributed by atoms with Crippen LogP contribution in [0.25, 0.3) is 0 Å². The fourth-order valence-electron chi connectivity index (χ4n) is 9.00. The molecule has 2 unspecified atom stereocenters. The van der Waals surface area contributed by atoms with Gasteiger partial charge in [-0.25, -0.2) is 0 Å². The van der Waals surface area contributed by atoms with Crippen molar-refractivity contribution in [1.29, 1.82) is 0 Å². The lowest BCUT2D eigenvalue weighted by Gasteiger charge is -2.41. The zero-order chi connectivity index (χ0) is 51.5. The van der Waals surface area contributed by atoms with Crippen LogP contribution in [0, 0.1) is 10.8 Å². The van der Waals surface area contributed by atoms with E-state index in [-0.39, 0.29) is 103 Å². The molecule has 2 saturated heterocycles. The molecule has 2 atom stereocenters. The van der Waals surface area contributed by atoms with Gasteiger partial charge in [0.05, 0.1) is 50.2 Å². The summed E-state index contributed by atoms with van der Waals surface area (Å²) in [4.78, 5) is 37.8. The largest absolute Gasteiger partial charge is 1.00 e. The molecule has 2 aliphatic heterocycles. The Balaban J connectivity index is 0.000000495. The van der Waals surface area contributed by atoms with Crippen LogP contribution in [0.4, 0.5) is 0 Å². The molecule has 16 heteroatoms. The Hall–Kier alpha value is -2.58. The van der Waals surface area contributed by atoms with Crippen molar-refractivity contribution >= 4 is 53.5 Å². The van der Waals surface area contributed by atoms with Gasteiger partial charge in [0.15, 0.2) is 0 Å². The van der Waals surface area contributed by atoms with Crippen LogP contribution >= 0.6 is 35.6 Å². The number of likely N-dealkylation sites (tertiary alicyclic amines) is 2. The van der Waals surface area contributed by atoms with E-state index in [0.29, 0.717) is 47.6 Å². The first-order valence-electron chi connectivity index (χ1n) is 25.6. The van der Waals surface area contributed by atoms with Crippen LogP contribution in [-0.4, -0.2) is 105 Å². The van der Waals surface area contributed by atoms with Crippen LogP contribution in [0.3, 0.4) is 0 Å². The summed E-state index contributed by atoms with van der Waals surface area (Å²) >= 11 is 12.2. The van der Waals surface area contributed by atoms with Crippen LogP contribution in [-0.2, 0) is 38.1 Å². The van der Waals surface area contributed by atoms with Crippen LogP contribution in [0.15, 0.2) is 109 Å². The SMILES string of the molecule is CC(C)(C)OC(=O)CCC(C)(C)C(=O)OC[N+]1(CCOC(c2ccccc2)c2ccc(Cl)cc2)CCCCC1.CC(C)(CN)C(=O)OC[N+]1(CCOC(c2ccccc2)c2ccc(Cl)cc2)CCCCC1.Cl.[I-].[I-]. The summed E-state index contributed by atoms with van der Waals surface area (Å²) in [5, 5.41) is 1.40. The molecule has 0 radical (unpaired) electrons. The van der Waals surface area contributed by atoms with E-state index in [1.54, 1.807) is 0 Å². The minimum absolute atomic E-state index is 0. The van der Waals surface area contributed by atoms with Crippen molar-refractivity contribution in [3.8, 4) is 0 Å². The molecule has 2 fully saturated rings. The fraction of sp³-hybridized carbons (Fsp3) is 0.534. The highest BCUT2D eigenvalue weighted by Gasteiger charge is 2.37. The maximum atomic E-state index is 13.1. The number of hydrogen-bond acceptors (Lipinski definition) is 9. The Bertz CT molecular complexity index is 2240. The van der Waals surface area contributed by atoms with Crippen molar-refractivity contribution < 1.29 is 95.0 Å². The standard InChI is InChI=1S/C32H45ClNO5.C26H36ClN2O3.ClH.2HI/c1-31(2,3)39-28(35)18-19-32(4,5)30(36)38-24-34(20-10-7-11-21-34)22-23-37-29(25-12-8-6-9-13-25)26-14-16-27(33)17-15-26;1-26(2,19-28)25(30)32-20-29(15-7-4-8-16-29)17-18-31-24(21-9-5-3-6-10-21)22-11-13-23(27)14-12-22;;;/h6,8-9,12-17,29H,7,10-11,18-24H2,1-5H3;3,5-6,9-14,24H,4,7-8,15-20,28H2,1-2H3;3*1H/q2*+1;;;/p-2. The van der Waals surface area contributed by atoms with Crippen LogP contribution < -0.4 is 53.7 Å². The van der Waals surface area contributed by atoms with Gasteiger partial charge in [0.1, 0.15) is 30.9 Å². The van der Waals surface area contributed by atoms with E-state index in [4.69, 9.17) is 52.6 Å². The molecular weight excluding hydrogens is 1230 g/mol. The van der Waals surface area contributed by atoms with Crippen molar-refractivity contribution in [1.82, 2.24) is 0 Å². The van der Waals surface area contributed by atoms with E-state index in [0.717, 1.165) is 91.7 Å². The molecule has 2 heterocycles. The molecule has 0 spiro atoms. The number of carbonyl (C=O) groups excluding carboxylic acids is 3. The van der Waals surface area contributed by atoms with Gasteiger partial charge in [0, 0.05) is 23.0 Å². The lowest BCUT2D eigenvalue weighted by Crippen LogP contribution is -3.00. The number of carbonyl (C=O) groups is 3. The Kier molecular flexibility index (Phi) is 29.5. The van der Waals surface area contributed by atoms with Gasteiger partial charge in [-0.1, -0.05) is 108 Å². The van der Waals surface area contributed by atoms with E-state index in [1.807, 2.05) is 133 Å². The minimum Gasteiger partial charge on any atom is -1.00 e. The number of nitrogens with zero attached hydrogens (tertiary/aromatic N) is 2. The first kappa shape index (κ1) is 67.5. The van der Waals surface area contributed by atoms with Gasteiger partial charge in [-0.05, 0) is 140 Å². The third-order valence-electron chi connectivity index (χ3n) is 13.7. The highest BCUT2D eigenvalue weighted by molar-refractivity contribution is 6.30. The third kappa shape index (κ3) is 22.0. The first-order valence-corrected chi connectivity index (χ1v) is 26.3. The van der Waals surface area contributed by atoms with E-state index < -0.39 is 16.4 Å². The average Bonchev–Trinajstić information content (AvgIpc) is 3.36. The summed E-state index contributed by atoms with van der Waals surface area (Å²) in [6.07, 6.45) is 7.06. The number of piperidine rings is 2. The molecule has 0 aromatic heterocycles. The molecular formula is C58H82Cl3I2N3O8. The molecule has 412 valence electrons. The Morgan fingerprint density at radius 1 is 0.541 bits per heavy atom. The molecule has 4 aromatic carbocycles. The topological polar surface area (TPSA) is 123 Å². The second-order valence-electron chi connectivity index (χ2n) is 21.8. The number of hydrogen-bond donors (Lipinski definition) is 1. The lowest BCUT2D eigenvalue weighted by molar-refractivity contribution is -0.948. The Morgan fingerprint density at radius 2 is 0.892 bits per heavy atom. The van der Waals surface area contributed by atoms with Crippen molar-refractivity contribution in [3.63, 3.8) is 0 Å². The number of halogens is 5. The summed E-state index contributed by atoms with van der Waals surface area (Å²) in [6, 6.07) is 36.0. The predicted octanol–water partition coefficient (Wildman–Crippen LogP) is 6.46. The zero-order valence-corrected chi connectivity index (χ0v) is 51.3. The first-order chi connectivity index (χ1) is 33.7. The van der Waals surface area contributed by atoms with Gasteiger partial charge in [-0.15, -0.1) is 12.4 Å². The molecule has 11 nitrogen and oxygen atoms in total. The normalized spacial score (nSPS) is 16.0. The Labute approximate surface area is 492 Å². The highest BCUT2D eigenvalue weighted by atomic mass is 127. The molecule has 6 rings (SSSR count). The number of nitrogens with two attached hydrogens (primary N) is 1. The molecule has 74 heavy (non-hydrogen) atoms. The molecule has 4 aromatic rings. The lowest BCUT2D eigenvalue weighted by atomic mass is 9.88.